The van der Waals surface area contributed by atoms with E-state index in [1.807, 2.05) is 24.3 Å². The molecule has 2 fully saturated rings. The van der Waals surface area contributed by atoms with Crippen molar-refractivity contribution in [3.05, 3.63) is 41.2 Å². The third-order valence-corrected chi connectivity index (χ3v) is 5.11. The van der Waals surface area contributed by atoms with Crippen molar-refractivity contribution in [2.75, 3.05) is 13.2 Å². The molecule has 122 valence electrons. The molecule has 4 nitrogen and oxygen atoms in total. The lowest BCUT2D eigenvalue weighted by molar-refractivity contribution is -0.0914. The number of hydrogen-bond acceptors (Lipinski definition) is 4. The second-order valence-electron chi connectivity index (χ2n) is 6.38. The smallest absolute Gasteiger partial charge is 0.226 e. The van der Waals surface area contributed by atoms with Gasteiger partial charge in [0.1, 0.15) is 6.26 Å². The van der Waals surface area contributed by atoms with Crippen LogP contribution in [0.5, 0.6) is 0 Å². The fraction of sp³-hybridized carbons (Fsp3) is 0.500. The highest BCUT2D eigenvalue weighted by Crippen LogP contribution is 2.30. The topological polar surface area (TPSA) is 38.5 Å². The summed E-state index contributed by atoms with van der Waals surface area (Å²) in [5.41, 5.74) is 1.94. The molecule has 0 N–H and O–H groups in total. The molecule has 0 radical (unpaired) electrons. The molecule has 0 spiro atoms. The molecule has 2 atom stereocenters. The molecule has 0 amide bonds. The van der Waals surface area contributed by atoms with E-state index in [1.165, 1.54) is 25.7 Å². The predicted octanol–water partition coefficient (Wildman–Crippen LogP) is 4.14. The van der Waals surface area contributed by atoms with Gasteiger partial charge >= 0.3 is 0 Å². The maximum atomic E-state index is 5.94. The molecule has 2 aliphatic rings. The Hall–Kier alpha value is -1.36. The quantitative estimate of drug-likeness (QED) is 0.846. The number of morpholine rings is 1. The van der Waals surface area contributed by atoms with Gasteiger partial charge in [-0.25, -0.2) is 4.98 Å². The number of ether oxygens (including phenoxy) is 1. The largest absolute Gasteiger partial charge is 0.444 e. The van der Waals surface area contributed by atoms with Gasteiger partial charge < -0.3 is 9.15 Å². The average molecular weight is 333 g/mol. The molecule has 1 aliphatic heterocycles. The highest BCUT2D eigenvalue weighted by Gasteiger charge is 2.34. The van der Waals surface area contributed by atoms with Crippen LogP contribution in [0.2, 0.25) is 5.02 Å². The number of nitrogens with zero attached hydrogens (tertiary/aromatic N) is 2. The van der Waals surface area contributed by atoms with Gasteiger partial charge in [0.15, 0.2) is 0 Å². The SMILES string of the molecule is Clc1ccc(-c2nc(CN3CCOC4CCCCC43)co2)cc1. The van der Waals surface area contributed by atoms with Crippen LogP contribution < -0.4 is 0 Å². The molecule has 4 rings (SSSR count). The Balaban J connectivity index is 1.47. The van der Waals surface area contributed by atoms with Crippen LogP contribution in [-0.2, 0) is 11.3 Å². The van der Waals surface area contributed by atoms with E-state index in [-0.39, 0.29) is 0 Å². The number of aromatic nitrogens is 1. The summed E-state index contributed by atoms with van der Waals surface area (Å²) in [5.74, 6) is 0.658. The first-order valence-corrected chi connectivity index (χ1v) is 8.73. The van der Waals surface area contributed by atoms with Gasteiger partial charge in [-0.3, -0.25) is 4.90 Å². The normalized spacial score (nSPS) is 25.3. The van der Waals surface area contributed by atoms with Gasteiger partial charge in [-0.2, -0.15) is 0 Å². The van der Waals surface area contributed by atoms with Crippen molar-refractivity contribution in [2.45, 2.75) is 44.4 Å². The summed E-state index contributed by atoms with van der Waals surface area (Å²) < 4.78 is 11.6. The van der Waals surface area contributed by atoms with Crippen LogP contribution in [0.4, 0.5) is 0 Å². The van der Waals surface area contributed by atoms with E-state index < -0.39 is 0 Å². The minimum atomic E-state index is 0.403. The fourth-order valence-electron chi connectivity index (χ4n) is 3.69. The molecule has 0 bridgehead atoms. The van der Waals surface area contributed by atoms with Crippen LogP contribution in [0, 0.1) is 0 Å². The van der Waals surface area contributed by atoms with E-state index in [4.69, 9.17) is 20.8 Å². The first kappa shape index (κ1) is 15.2. The summed E-state index contributed by atoms with van der Waals surface area (Å²) in [5, 5.41) is 0.720. The number of fused-ring (bicyclic) bond motifs is 1. The Morgan fingerprint density at radius 3 is 2.87 bits per heavy atom. The third kappa shape index (κ3) is 3.30. The second kappa shape index (κ2) is 6.63. The standard InChI is InChI=1S/C18H21ClN2O2/c19-14-7-5-13(6-8-14)18-20-15(12-23-18)11-21-9-10-22-17-4-2-1-3-16(17)21/h5-8,12,16-17H,1-4,9-11H2. The number of halogens is 1. The Labute approximate surface area is 141 Å². The van der Waals surface area contributed by atoms with Crippen LogP contribution in [0.25, 0.3) is 11.5 Å². The molecule has 2 heterocycles. The Morgan fingerprint density at radius 2 is 2.00 bits per heavy atom. The van der Waals surface area contributed by atoms with Crippen LogP contribution in [-0.4, -0.2) is 35.2 Å². The summed E-state index contributed by atoms with van der Waals surface area (Å²) in [6, 6.07) is 8.12. The van der Waals surface area contributed by atoms with Crippen molar-refractivity contribution >= 4 is 11.6 Å². The molecular weight excluding hydrogens is 312 g/mol. The van der Waals surface area contributed by atoms with Gasteiger partial charge in [-0.05, 0) is 37.1 Å². The van der Waals surface area contributed by atoms with Gasteiger partial charge in [0.25, 0.3) is 0 Å². The number of oxazole rings is 1. The summed E-state index contributed by atoms with van der Waals surface area (Å²) >= 11 is 5.93. The molecule has 2 aromatic rings. The molecule has 1 saturated carbocycles. The fourth-order valence-corrected chi connectivity index (χ4v) is 3.81. The van der Waals surface area contributed by atoms with Gasteiger partial charge in [0, 0.05) is 29.7 Å². The Kier molecular flexibility index (Phi) is 4.38. The van der Waals surface area contributed by atoms with Gasteiger partial charge in [-0.15, -0.1) is 0 Å². The maximum Gasteiger partial charge on any atom is 0.226 e. The van der Waals surface area contributed by atoms with Crippen LogP contribution in [0.3, 0.4) is 0 Å². The van der Waals surface area contributed by atoms with Crippen molar-refractivity contribution < 1.29 is 9.15 Å². The molecule has 23 heavy (non-hydrogen) atoms. The average Bonchev–Trinajstić information content (AvgIpc) is 3.04. The zero-order valence-electron chi connectivity index (χ0n) is 13.1. The Bertz CT molecular complexity index is 653. The summed E-state index contributed by atoms with van der Waals surface area (Å²) in [7, 11) is 0. The van der Waals surface area contributed by atoms with Crippen LogP contribution in [0.15, 0.2) is 34.9 Å². The maximum absolute atomic E-state index is 5.94. The van der Waals surface area contributed by atoms with E-state index >= 15 is 0 Å². The monoisotopic (exact) mass is 332 g/mol. The molecule has 2 unspecified atom stereocenters. The predicted molar refractivity (Wildman–Crippen MR) is 89.4 cm³/mol. The van der Waals surface area contributed by atoms with E-state index in [1.54, 1.807) is 6.26 Å². The molecule has 1 saturated heterocycles. The van der Waals surface area contributed by atoms with E-state index in [9.17, 15) is 0 Å². The lowest BCUT2D eigenvalue weighted by Gasteiger charge is -2.43. The van der Waals surface area contributed by atoms with Crippen LogP contribution in [0.1, 0.15) is 31.4 Å². The summed E-state index contributed by atoms with van der Waals surface area (Å²) in [6.07, 6.45) is 7.19. The number of benzene rings is 1. The third-order valence-electron chi connectivity index (χ3n) is 4.86. The first-order chi connectivity index (χ1) is 11.3. The second-order valence-corrected chi connectivity index (χ2v) is 6.82. The first-order valence-electron chi connectivity index (χ1n) is 8.35. The molecule has 1 aliphatic carbocycles. The number of hydrogen-bond donors (Lipinski definition) is 0. The highest BCUT2D eigenvalue weighted by molar-refractivity contribution is 6.30. The van der Waals surface area contributed by atoms with Crippen LogP contribution >= 0.6 is 11.6 Å². The summed E-state index contributed by atoms with van der Waals surface area (Å²) in [4.78, 5) is 7.16. The Morgan fingerprint density at radius 1 is 1.17 bits per heavy atom. The van der Waals surface area contributed by atoms with Crippen molar-refractivity contribution in [1.29, 1.82) is 0 Å². The lowest BCUT2D eigenvalue weighted by Crippen LogP contribution is -2.52. The molecule has 1 aromatic carbocycles. The lowest BCUT2D eigenvalue weighted by atomic mass is 9.90. The molecule has 1 aromatic heterocycles. The van der Waals surface area contributed by atoms with E-state index in [2.05, 4.69) is 9.88 Å². The molecule has 5 heteroatoms. The van der Waals surface area contributed by atoms with Crippen molar-refractivity contribution in [1.82, 2.24) is 9.88 Å². The van der Waals surface area contributed by atoms with Crippen molar-refractivity contribution in [3.63, 3.8) is 0 Å². The van der Waals surface area contributed by atoms with E-state index in [0.717, 1.165) is 36.0 Å². The minimum Gasteiger partial charge on any atom is -0.444 e. The van der Waals surface area contributed by atoms with Crippen molar-refractivity contribution in [2.24, 2.45) is 0 Å². The zero-order chi connectivity index (χ0) is 15.6. The number of rotatable bonds is 3. The molecular formula is C18H21ClN2O2. The van der Waals surface area contributed by atoms with Gasteiger partial charge in [0.05, 0.1) is 18.4 Å². The van der Waals surface area contributed by atoms with Gasteiger partial charge in [-0.1, -0.05) is 24.4 Å². The van der Waals surface area contributed by atoms with Gasteiger partial charge in [0.2, 0.25) is 5.89 Å². The minimum absolute atomic E-state index is 0.403. The zero-order valence-corrected chi connectivity index (χ0v) is 13.8. The van der Waals surface area contributed by atoms with Crippen molar-refractivity contribution in [3.8, 4) is 11.5 Å². The highest BCUT2D eigenvalue weighted by atomic mass is 35.5. The summed E-state index contributed by atoms with van der Waals surface area (Å²) in [6.45, 7) is 2.63. The van der Waals surface area contributed by atoms with E-state index in [0.29, 0.717) is 18.0 Å².